The molecule has 1 aliphatic heterocycles. The molecule has 2 rings (SSSR count). The molecule has 3 heteroatoms. The van der Waals surface area contributed by atoms with Crippen molar-refractivity contribution < 1.29 is 0 Å². The Labute approximate surface area is 99.0 Å². The van der Waals surface area contributed by atoms with E-state index in [-0.39, 0.29) is 0 Å². The minimum Gasteiger partial charge on any atom is -0.301 e. The summed E-state index contributed by atoms with van der Waals surface area (Å²) in [6.45, 7) is 8.25. The van der Waals surface area contributed by atoms with Crippen LogP contribution in [0.25, 0.3) is 0 Å². The van der Waals surface area contributed by atoms with Crippen molar-refractivity contribution >= 4 is 0 Å². The minimum absolute atomic E-state index is 0.494. The molecule has 0 radical (unpaired) electrons. The zero-order chi connectivity index (χ0) is 11.4. The fourth-order valence-corrected chi connectivity index (χ4v) is 2.61. The van der Waals surface area contributed by atoms with E-state index in [1.54, 1.807) is 0 Å². The Morgan fingerprint density at radius 2 is 1.94 bits per heavy atom. The van der Waals surface area contributed by atoms with Gasteiger partial charge in [0.1, 0.15) is 0 Å². The summed E-state index contributed by atoms with van der Waals surface area (Å²) in [5.41, 5.74) is 0. The molecule has 2 fully saturated rings. The third-order valence-corrected chi connectivity index (χ3v) is 3.93. The van der Waals surface area contributed by atoms with Crippen LogP contribution < -0.4 is 0 Å². The molecule has 1 atom stereocenters. The summed E-state index contributed by atoms with van der Waals surface area (Å²) in [6, 6.07) is 2.81. The van der Waals surface area contributed by atoms with Crippen LogP contribution in [0.3, 0.4) is 0 Å². The average molecular weight is 221 g/mol. The van der Waals surface area contributed by atoms with Crippen molar-refractivity contribution in [3.8, 4) is 6.07 Å². The maximum absolute atomic E-state index is 8.79. The lowest BCUT2D eigenvalue weighted by atomic mass is 10.1. The average Bonchev–Trinajstić information content (AvgIpc) is 3.11. The maximum atomic E-state index is 8.79. The molecular weight excluding hydrogens is 198 g/mol. The fourth-order valence-electron chi connectivity index (χ4n) is 2.61. The lowest BCUT2D eigenvalue weighted by molar-refractivity contribution is 0.0927. The lowest BCUT2D eigenvalue weighted by Crippen LogP contribution is -2.50. The van der Waals surface area contributed by atoms with Gasteiger partial charge in [-0.25, -0.2) is 0 Å². The Kier molecular flexibility index (Phi) is 4.20. The largest absolute Gasteiger partial charge is 0.301 e. The Morgan fingerprint density at radius 3 is 2.44 bits per heavy atom. The van der Waals surface area contributed by atoms with E-state index in [9.17, 15) is 0 Å². The Balaban J connectivity index is 1.72. The van der Waals surface area contributed by atoms with Gasteiger partial charge in [0.2, 0.25) is 0 Å². The van der Waals surface area contributed by atoms with Crippen LogP contribution in [-0.4, -0.2) is 48.6 Å². The van der Waals surface area contributed by atoms with E-state index < -0.39 is 0 Å². The molecule has 1 saturated carbocycles. The molecule has 0 N–H and O–H groups in total. The second-order valence-corrected chi connectivity index (χ2v) is 5.20. The van der Waals surface area contributed by atoms with Gasteiger partial charge in [0.05, 0.1) is 12.5 Å². The molecule has 0 aromatic rings. The van der Waals surface area contributed by atoms with Crippen LogP contribution in [-0.2, 0) is 0 Å². The molecule has 1 saturated heterocycles. The smallest absolute Gasteiger partial charge is 0.0638 e. The molecule has 90 valence electrons. The summed E-state index contributed by atoms with van der Waals surface area (Å²) >= 11 is 0. The first-order valence-corrected chi connectivity index (χ1v) is 6.66. The normalized spacial score (nSPS) is 25.2. The fraction of sp³-hybridized carbons (Fsp3) is 0.923. The van der Waals surface area contributed by atoms with Gasteiger partial charge in [0, 0.05) is 38.8 Å². The van der Waals surface area contributed by atoms with Crippen molar-refractivity contribution in [2.45, 2.75) is 38.6 Å². The molecule has 0 aromatic carbocycles. The molecule has 3 nitrogen and oxygen atoms in total. The van der Waals surface area contributed by atoms with Crippen LogP contribution >= 0.6 is 0 Å². The highest BCUT2D eigenvalue weighted by Gasteiger charge is 2.27. The van der Waals surface area contributed by atoms with E-state index in [1.807, 2.05) is 0 Å². The third-order valence-electron chi connectivity index (χ3n) is 3.93. The second-order valence-electron chi connectivity index (χ2n) is 5.20. The van der Waals surface area contributed by atoms with Crippen molar-refractivity contribution in [3.63, 3.8) is 0 Å². The first-order valence-electron chi connectivity index (χ1n) is 6.66. The maximum Gasteiger partial charge on any atom is 0.0638 e. The first kappa shape index (κ1) is 11.9. The van der Waals surface area contributed by atoms with Gasteiger partial charge in [-0.3, -0.25) is 4.90 Å². The molecule has 2 aliphatic rings. The first-order chi connectivity index (χ1) is 7.83. The number of hydrogen-bond donors (Lipinski definition) is 0. The molecule has 1 aliphatic carbocycles. The summed E-state index contributed by atoms with van der Waals surface area (Å²) in [7, 11) is 0. The Hall–Kier alpha value is -0.590. The minimum atomic E-state index is 0.494. The predicted molar refractivity (Wildman–Crippen MR) is 65.0 cm³/mol. The molecule has 1 unspecified atom stereocenters. The Bertz CT molecular complexity index is 246. The van der Waals surface area contributed by atoms with Gasteiger partial charge in [-0.2, -0.15) is 5.26 Å². The summed E-state index contributed by atoms with van der Waals surface area (Å²) < 4.78 is 0. The number of piperazine rings is 1. The number of hydrogen-bond acceptors (Lipinski definition) is 3. The van der Waals surface area contributed by atoms with Crippen molar-refractivity contribution in [2.75, 3.05) is 32.7 Å². The van der Waals surface area contributed by atoms with Crippen LogP contribution in [0.5, 0.6) is 0 Å². The van der Waals surface area contributed by atoms with Gasteiger partial charge in [-0.1, -0.05) is 6.92 Å². The summed E-state index contributed by atoms with van der Waals surface area (Å²) in [4.78, 5) is 5.11. The number of rotatable bonds is 5. The van der Waals surface area contributed by atoms with Crippen LogP contribution in [0, 0.1) is 17.2 Å². The number of nitriles is 1. The van der Waals surface area contributed by atoms with Gasteiger partial charge in [-0.15, -0.1) is 0 Å². The van der Waals surface area contributed by atoms with Gasteiger partial charge in [0.15, 0.2) is 0 Å². The van der Waals surface area contributed by atoms with Gasteiger partial charge < -0.3 is 4.90 Å². The summed E-state index contributed by atoms with van der Waals surface area (Å²) in [5, 5.41) is 8.79. The highest BCUT2D eigenvalue weighted by atomic mass is 15.3. The van der Waals surface area contributed by atoms with Crippen LogP contribution in [0.4, 0.5) is 0 Å². The summed E-state index contributed by atoms with van der Waals surface area (Å²) in [6.07, 6.45) is 4.70. The molecule has 0 spiro atoms. The topological polar surface area (TPSA) is 30.3 Å². The van der Waals surface area contributed by atoms with Crippen molar-refractivity contribution in [1.29, 1.82) is 5.26 Å². The van der Waals surface area contributed by atoms with E-state index in [0.29, 0.717) is 12.5 Å². The second kappa shape index (κ2) is 5.65. The van der Waals surface area contributed by atoms with Crippen molar-refractivity contribution in [3.05, 3.63) is 0 Å². The summed E-state index contributed by atoms with van der Waals surface area (Å²) in [5.74, 6) is 1.01. The molecule has 0 aromatic heterocycles. The quantitative estimate of drug-likeness (QED) is 0.708. The molecule has 16 heavy (non-hydrogen) atoms. The molecular formula is C13H23N3. The van der Waals surface area contributed by atoms with Crippen LogP contribution in [0.2, 0.25) is 0 Å². The van der Waals surface area contributed by atoms with E-state index in [4.69, 9.17) is 5.26 Å². The van der Waals surface area contributed by atoms with Gasteiger partial charge >= 0.3 is 0 Å². The van der Waals surface area contributed by atoms with E-state index in [2.05, 4.69) is 22.8 Å². The highest BCUT2D eigenvalue weighted by molar-refractivity contribution is 4.86. The lowest BCUT2D eigenvalue weighted by Gasteiger charge is -2.38. The van der Waals surface area contributed by atoms with Crippen molar-refractivity contribution in [2.24, 2.45) is 5.92 Å². The molecule has 1 heterocycles. The van der Waals surface area contributed by atoms with Gasteiger partial charge in [0.25, 0.3) is 0 Å². The zero-order valence-electron chi connectivity index (χ0n) is 10.4. The molecule has 0 bridgehead atoms. The van der Waals surface area contributed by atoms with E-state index in [0.717, 1.165) is 25.4 Å². The highest BCUT2D eigenvalue weighted by Crippen LogP contribution is 2.30. The molecule has 0 amide bonds. The Morgan fingerprint density at radius 1 is 1.25 bits per heavy atom. The van der Waals surface area contributed by atoms with Crippen LogP contribution in [0.15, 0.2) is 0 Å². The predicted octanol–water partition coefficient (Wildman–Crippen LogP) is 1.71. The van der Waals surface area contributed by atoms with Crippen molar-refractivity contribution in [1.82, 2.24) is 9.80 Å². The van der Waals surface area contributed by atoms with E-state index >= 15 is 0 Å². The monoisotopic (exact) mass is 221 g/mol. The zero-order valence-corrected chi connectivity index (χ0v) is 10.4. The number of nitrogens with zero attached hydrogens (tertiary/aromatic N) is 3. The third kappa shape index (κ3) is 3.20. The van der Waals surface area contributed by atoms with E-state index in [1.165, 1.54) is 32.5 Å². The van der Waals surface area contributed by atoms with Crippen LogP contribution in [0.1, 0.15) is 32.6 Å². The standard InChI is InChI=1S/C13H23N3/c1-2-13(5-6-14)16-9-7-15(8-10-16)11-12-3-4-12/h12-13H,2-5,7-11H2,1H3. The van der Waals surface area contributed by atoms with Gasteiger partial charge in [-0.05, 0) is 25.2 Å². The SMILES string of the molecule is CCC(CC#N)N1CCN(CC2CC2)CC1.